The molecule has 2 fully saturated rings. The van der Waals surface area contributed by atoms with Gasteiger partial charge in [-0.15, -0.1) is 0 Å². The lowest BCUT2D eigenvalue weighted by atomic mass is 9.80. The van der Waals surface area contributed by atoms with Crippen LogP contribution in [-0.4, -0.2) is 17.4 Å². The molecular formula is C9H13N3O. The first-order valence-corrected chi connectivity index (χ1v) is 4.87. The lowest BCUT2D eigenvalue weighted by Crippen LogP contribution is -2.55. The average molecular weight is 179 g/mol. The van der Waals surface area contributed by atoms with E-state index in [2.05, 4.69) is 10.3 Å². The number of hydrogen-bond acceptors (Lipinski definition) is 2. The molecule has 0 aromatic carbocycles. The van der Waals surface area contributed by atoms with Crippen molar-refractivity contribution in [3.05, 3.63) is 0 Å². The Bertz CT molecular complexity index is 312. The number of nitrogens with zero attached hydrogens (tertiary/aromatic N) is 1. The molecule has 3 atom stereocenters. The summed E-state index contributed by atoms with van der Waals surface area (Å²) in [5.41, 5.74) is 5.58. The fourth-order valence-corrected chi connectivity index (χ4v) is 3.29. The zero-order chi connectivity index (χ0) is 9.05. The molecule has 1 heterocycles. The number of carbonyl (C=O) groups is 1. The van der Waals surface area contributed by atoms with E-state index in [4.69, 9.17) is 5.73 Å². The molecule has 3 N–H and O–H groups in total. The van der Waals surface area contributed by atoms with Crippen LogP contribution in [0.5, 0.6) is 0 Å². The van der Waals surface area contributed by atoms with E-state index in [0.717, 1.165) is 12.3 Å². The van der Waals surface area contributed by atoms with Crippen LogP contribution < -0.4 is 11.1 Å². The minimum Gasteiger partial charge on any atom is -0.385 e. The number of amides is 2. The fraction of sp³-hybridized carbons (Fsp3) is 0.778. The van der Waals surface area contributed by atoms with Gasteiger partial charge in [-0.2, -0.15) is 4.99 Å². The Kier molecular flexibility index (Phi) is 1.16. The van der Waals surface area contributed by atoms with Crippen LogP contribution in [0.15, 0.2) is 4.99 Å². The van der Waals surface area contributed by atoms with Gasteiger partial charge in [-0.05, 0) is 37.5 Å². The highest BCUT2D eigenvalue weighted by atomic mass is 16.2. The molecule has 0 aromatic rings. The topological polar surface area (TPSA) is 67.5 Å². The quantitative estimate of drug-likeness (QED) is 0.572. The molecule has 3 rings (SSSR count). The summed E-state index contributed by atoms with van der Waals surface area (Å²) < 4.78 is 0. The Morgan fingerprint density at radius 1 is 1.54 bits per heavy atom. The number of amidine groups is 1. The van der Waals surface area contributed by atoms with Gasteiger partial charge in [-0.25, -0.2) is 4.79 Å². The number of fused-ring (bicyclic) bond motifs is 3. The van der Waals surface area contributed by atoms with Crippen LogP contribution in [0.2, 0.25) is 0 Å². The summed E-state index contributed by atoms with van der Waals surface area (Å²) in [7, 11) is 0. The normalized spacial score (nSPS) is 47.1. The number of aliphatic imine (C=N–C) groups is 1. The predicted octanol–water partition coefficient (Wildman–Crippen LogP) is 0.626. The number of urea groups is 1. The molecule has 3 unspecified atom stereocenters. The minimum absolute atomic E-state index is 0.236. The second-order valence-electron chi connectivity index (χ2n) is 4.48. The molecule has 2 amide bonds. The van der Waals surface area contributed by atoms with Gasteiger partial charge in [0.25, 0.3) is 0 Å². The molecule has 0 saturated heterocycles. The van der Waals surface area contributed by atoms with Crippen molar-refractivity contribution in [3.63, 3.8) is 0 Å². The summed E-state index contributed by atoms with van der Waals surface area (Å²) in [5, 5.41) is 2.94. The van der Waals surface area contributed by atoms with Gasteiger partial charge in [0.05, 0.1) is 0 Å². The van der Waals surface area contributed by atoms with Crippen LogP contribution in [0.3, 0.4) is 0 Å². The molecule has 0 aromatic heterocycles. The van der Waals surface area contributed by atoms with Crippen molar-refractivity contribution in [2.24, 2.45) is 22.6 Å². The first kappa shape index (κ1) is 7.35. The van der Waals surface area contributed by atoms with Crippen molar-refractivity contribution in [3.8, 4) is 0 Å². The lowest BCUT2D eigenvalue weighted by molar-refractivity contribution is 0.236. The molecule has 1 aliphatic heterocycles. The molecule has 4 nitrogen and oxygen atoms in total. The monoisotopic (exact) mass is 179 g/mol. The maximum absolute atomic E-state index is 11.1. The van der Waals surface area contributed by atoms with E-state index < -0.39 is 0 Å². The molecule has 2 saturated carbocycles. The van der Waals surface area contributed by atoms with Crippen LogP contribution in [0.25, 0.3) is 0 Å². The smallest absolute Gasteiger partial charge is 0.343 e. The van der Waals surface area contributed by atoms with Gasteiger partial charge in [0.2, 0.25) is 0 Å². The van der Waals surface area contributed by atoms with Gasteiger partial charge in [-0.3, -0.25) is 0 Å². The Labute approximate surface area is 76.6 Å². The zero-order valence-corrected chi connectivity index (χ0v) is 7.42. The van der Waals surface area contributed by atoms with Crippen LogP contribution in [-0.2, 0) is 0 Å². The van der Waals surface area contributed by atoms with Crippen molar-refractivity contribution in [1.29, 1.82) is 0 Å². The minimum atomic E-state index is -0.245. The van der Waals surface area contributed by atoms with Gasteiger partial charge in [0.1, 0.15) is 11.4 Å². The summed E-state index contributed by atoms with van der Waals surface area (Å²) in [4.78, 5) is 14.9. The number of hydrogen-bond donors (Lipinski definition) is 2. The fourth-order valence-electron chi connectivity index (χ4n) is 3.29. The maximum Gasteiger partial charge on any atom is 0.343 e. The first-order valence-electron chi connectivity index (χ1n) is 4.87. The predicted molar refractivity (Wildman–Crippen MR) is 48.3 cm³/mol. The maximum atomic E-state index is 11.1. The van der Waals surface area contributed by atoms with Gasteiger partial charge in [0, 0.05) is 0 Å². The highest BCUT2D eigenvalue weighted by Gasteiger charge is 2.56. The zero-order valence-electron chi connectivity index (χ0n) is 7.42. The molecule has 1 spiro atoms. The molecule has 2 aliphatic carbocycles. The molecular weight excluding hydrogens is 166 g/mol. The van der Waals surface area contributed by atoms with E-state index in [0.29, 0.717) is 11.8 Å². The largest absolute Gasteiger partial charge is 0.385 e. The summed E-state index contributed by atoms with van der Waals surface area (Å²) in [6, 6.07) is -0.245. The number of nitrogens with two attached hydrogens (primary N) is 1. The molecule has 0 radical (unpaired) electrons. The average Bonchev–Trinajstić information content (AvgIpc) is 2.68. The molecule has 4 heteroatoms. The van der Waals surface area contributed by atoms with Gasteiger partial charge < -0.3 is 11.1 Å². The third-order valence-electron chi connectivity index (χ3n) is 3.86. The Morgan fingerprint density at radius 3 is 2.85 bits per heavy atom. The molecule has 2 bridgehead atoms. The van der Waals surface area contributed by atoms with Crippen LogP contribution in [0.4, 0.5) is 4.79 Å². The van der Waals surface area contributed by atoms with Crippen molar-refractivity contribution < 1.29 is 4.79 Å². The first-order chi connectivity index (χ1) is 6.21. The number of rotatable bonds is 0. The van der Waals surface area contributed by atoms with Crippen LogP contribution >= 0.6 is 0 Å². The second-order valence-corrected chi connectivity index (χ2v) is 4.48. The summed E-state index contributed by atoms with van der Waals surface area (Å²) in [6.07, 6.45) is 4.73. The molecule has 13 heavy (non-hydrogen) atoms. The van der Waals surface area contributed by atoms with Crippen molar-refractivity contribution in [1.82, 2.24) is 5.32 Å². The van der Waals surface area contributed by atoms with E-state index in [-0.39, 0.29) is 11.6 Å². The third kappa shape index (κ3) is 0.759. The van der Waals surface area contributed by atoms with Crippen LogP contribution in [0.1, 0.15) is 25.7 Å². The highest BCUT2D eigenvalue weighted by molar-refractivity contribution is 6.06. The number of carbonyl (C=O) groups excluding carboxylic acids is 1. The molecule has 3 aliphatic rings. The highest BCUT2D eigenvalue weighted by Crippen LogP contribution is 2.51. The van der Waals surface area contributed by atoms with Crippen molar-refractivity contribution in [2.45, 2.75) is 31.2 Å². The standard InChI is InChI=1S/C9H13N3O/c10-7-9(12-8(13)11-7)4-5-1-2-6(9)3-5/h5-6H,1-4H2,(H3,10,11,12,13). The van der Waals surface area contributed by atoms with Gasteiger partial charge >= 0.3 is 6.03 Å². The van der Waals surface area contributed by atoms with E-state index in [1.54, 1.807) is 0 Å². The summed E-state index contributed by atoms with van der Waals surface area (Å²) in [6.45, 7) is 0. The van der Waals surface area contributed by atoms with Gasteiger partial charge in [-0.1, -0.05) is 0 Å². The Morgan fingerprint density at radius 2 is 2.38 bits per heavy atom. The van der Waals surface area contributed by atoms with Crippen LogP contribution in [0, 0.1) is 11.8 Å². The van der Waals surface area contributed by atoms with E-state index >= 15 is 0 Å². The number of nitrogens with one attached hydrogen (secondary N) is 1. The Balaban J connectivity index is 2.00. The lowest BCUT2D eigenvalue weighted by Gasteiger charge is -2.33. The Hall–Kier alpha value is -1.06. The second kappa shape index (κ2) is 2.05. The van der Waals surface area contributed by atoms with E-state index in [1.807, 2.05) is 0 Å². The molecule has 70 valence electrons. The third-order valence-corrected chi connectivity index (χ3v) is 3.86. The summed E-state index contributed by atoms with van der Waals surface area (Å²) in [5.74, 6) is 1.84. The SMILES string of the molecule is NC1=NC(=O)NC12CC1CCC2C1. The van der Waals surface area contributed by atoms with E-state index in [9.17, 15) is 4.79 Å². The van der Waals surface area contributed by atoms with Crippen molar-refractivity contribution >= 4 is 11.9 Å². The van der Waals surface area contributed by atoms with Crippen molar-refractivity contribution in [2.75, 3.05) is 0 Å². The summed E-state index contributed by atoms with van der Waals surface area (Å²) >= 11 is 0. The van der Waals surface area contributed by atoms with E-state index in [1.165, 1.54) is 19.3 Å². The van der Waals surface area contributed by atoms with Gasteiger partial charge in [0.15, 0.2) is 0 Å².